The smallest absolute Gasteiger partial charge is 0.247 e. The average Bonchev–Trinajstić information content (AvgIpc) is 2.40. The molecule has 2 rings (SSSR count). The van der Waals surface area contributed by atoms with Gasteiger partial charge < -0.3 is 4.90 Å². The highest BCUT2D eigenvalue weighted by Crippen LogP contribution is 2.42. The van der Waals surface area contributed by atoms with Crippen LogP contribution in [0.1, 0.15) is 25.7 Å². The summed E-state index contributed by atoms with van der Waals surface area (Å²) in [5.74, 6) is -0.164. The molecule has 1 aliphatic rings. The lowest BCUT2D eigenvalue weighted by Crippen LogP contribution is -2.47. The maximum absolute atomic E-state index is 12.6. The van der Waals surface area contributed by atoms with E-state index in [9.17, 15) is 10.1 Å². The van der Waals surface area contributed by atoms with Crippen LogP contribution in [0.4, 0.5) is 5.69 Å². The lowest BCUT2D eigenvalue weighted by molar-refractivity contribution is -0.128. The second kappa shape index (κ2) is 5.54. The molecule has 0 N–H and O–H groups in total. The number of amides is 1. The van der Waals surface area contributed by atoms with Crippen molar-refractivity contribution in [3.63, 3.8) is 0 Å². The molecule has 96 valence electrons. The minimum atomic E-state index is -0.870. The van der Waals surface area contributed by atoms with Gasteiger partial charge in [-0.3, -0.25) is 4.79 Å². The molecule has 1 aromatic rings. The van der Waals surface area contributed by atoms with E-state index in [1.54, 1.807) is 4.90 Å². The third kappa shape index (κ3) is 2.44. The van der Waals surface area contributed by atoms with Crippen LogP contribution in [0.3, 0.4) is 0 Å². The highest BCUT2D eigenvalue weighted by molar-refractivity contribution is 6.00. The van der Waals surface area contributed by atoms with E-state index in [1.807, 2.05) is 30.3 Å². The van der Waals surface area contributed by atoms with Crippen LogP contribution < -0.4 is 4.90 Å². The second-order valence-corrected chi connectivity index (χ2v) is 4.75. The Labute approximate surface area is 112 Å². The molecule has 1 aromatic carbocycles. The number of para-hydroxylation sites is 1. The van der Waals surface area contributed by atoms with Crippen molar-refractivity contribution in [1.29, 1.82) is 10.5 Å². The molecule has 4 heteroatoms. The first kappa shape index (κ1) is 13.1. The van der Waals surface area contributed by atoms with Gasteiger partial charge in [-0.25, -0.2) is 0 Å². The van der Waals surface area contributed by atoms with Crippen LogP contribution in [-0.2, 0) is 4.79 Å². The van der Waals surface area contributed by atoms with Gasteiger partial charge in [-0.15, -0.1) is 0 Å². The fourth-order valence-electron chi connectivity index (χ4n) is 2.28. The molecule has 4 nitrogen and oxygen atoms in total. The molecule has 1 aliphatic carbocycles. The first-order valence-corrected chi connectivity index (χ1v) is 6.39. The lowest BCUT2D eigenvalue weighted by Gasteiger charge is -2.38. The van der Waals surface area contributed by atoms with Gasteiger partial charge in [0.05, 0.1) is 18.6 Å². The zero-order chi connectivity index (χ0) is 13.7. The Bertz CT molecular complexity index is 535. The van der Waals surface area contributed by atoms with E-state index in [0.717, 1.165) is 12.1 Å². The van der Waals surface area contributed by atoms with Crippen LogP contribution >= 0.6 is 0 Å². The van der Waals surface area contributed by atoms with Crippen LogP contribution in [0.15, 0.2) is 30.3 Å². The summed E-state index contributed by atoms with van der Waals surface area (Å²) in [4.78, 5) is 14.2. The summed E-state index contributed by atoms with van der Waals surface area (Å²) < 4.78 is 0. The highest BCUT2D eigenvalue weighted by Gasteiger charge is 2.47. The molecule has 0 saturated heterocycles. The number of carbonyl (C=O) groups excluding carboxylic acids is 1. The van der Waals surface area contributed by atoms with Gasteiger partial charge in [0, 0.05) is 12.2 Å². The molecular formula is C15H15N3O. The van der Waals surface area contributed by atoms with Crippen molar-refractivity contribution in [1.82, 2.24) is 0 Å². The van der Waals surface area contributed by atoms with Gasteiger partial charge in [0.25, 0.3) is 0 Å². The Balaban J connectivity index is 2.26. The fourth-order valence-corrected chi connectivity index (χ4v) is 2.28. The molecule has 0 aliphatic heterocycles. The summed E-state index contributed by atoms with van der Waals surface area (Å²) >= 11 is 0. The van der Waals surface area contributed by atoms with Gasteiger partial charge >= 0.3 is 0 Å². The van der Waals surface area contributed by atoms with Crippen molar-refractivity contribution >= 4 is 11.6 Å². The van der Waals surface area contributed by atoms with Crippen molar-refractivity contribution in [2.75, 3.05) is 11.4 Å². The molecule has 0 unspecified atom stereocenters. The van der Waals surface area contributed by atoms with Crippen molar-refractivity contribution in [3.05, 3.63) is 30.3 Å². The quantitative estimate of drug-likeness (QED) is 0.828. The maximum Gasteiger partial charge on any atom is 0.247 e. The third-order valence-electron chi connectivity index (χ3n) is 3.59. The topological polar surface area (TPSA) is 67.9 Å². The van der Waals surface area contributed by atoms with Crippen LogP contribution in [0.5, 0.6) is 0 Å². The number of hydrogen-bond donors (Lipinski definition) is 0. The molecule has 19 heavy (non-hydrogen) atoms. The van der Waals surface area contributed by atoms with Gasteiger partial charge in [0.2, 0.25) is 5.91 Å². The molecule has 0 aromatic heterocycles. The van der Waals surface area contributed by atoms with Gasteiger partial charge in [0.15, 0.2) is 0 Å². The van der Waals surface area contributed by atoms with E-state index in [4.69, 9.17) is 5.26 Å². The normalized spacial score (nSPS) is 15.7. The number of nitriles is 2. The fraction of sp³-hybridized carbons (Fsp3) is 0.400. The molecule has 1 fully saturated rings. The largest absolute Gasteiger partial charge is 0.310 e. The van der Waals surface area contributed by atoms with Gasteiger partial charge in [-0.05, 0) is 31.4 Å². The first-order valence-electron chi connectivity index (χ1n) is 6.39. The summed E-state index contributed by atoms with van der Waals surface area (Å²) in [5, 5.41) is 18.0. The molecule has 0 atom stereocenters. The van der Waals surface area contributed by atoms with E-state index in [0.29, 0.717) is 19.4 Å². The van der Waals surface area contributed by atoms with Gasteiger partial charge in [-0.2, -0.15) is 10.5 Å². The van der Waals surface area contributed by atoms with E-state index in [1.165, 1.54) is 0 Å². The SMILES string of the molecule is N#CCCN(C(=O)C1(C#N)CCC1)c1ccccc1. The minimum Gasteiger partial charge on any atom is -0.310 e. The number of rotatable bonds is 4. The standard InChI is InChI=1S/C15H15N3O/c16-10-5-11-18(13-6-2-1-3-7-13)14(19)15(12-17)8-4-9-15/h1-3,6-7H,4-5,8-9,11H2. The molecule has 1 amide bonds. The maximum atomic E-state index is 12.6. The molecule has 0 heterocycles. The number of nitrogens with zero attached hydrogens (tertiary/aromatic N) is 3. The summed E-state index contributed by atoms with van der Waals surface area (Å²) in [5.41, 5.74) is -0.116. The van der Waals surface area contributed by atoms with Gasteiger partial charge in [-0.1, -0.05) is 18.2 Å². The monoisotopic (exact) mass is 253 g/mol. The number of carbonyl (C=O) groups is 1. The summed E-state index contributed by atoms with van der Waals surface area (Å²) in [6, 6.07) is 13.5. The van der Waals surface area contributed by atoms with Crippen LogP contribution in [0.2, 0.25) is 0 Å². The minimum absolute atomic E-state index is 0.164. The molecular weight excluding hydrogens is 238 g/mol. The van der Waals surface area contributed by atoms with Gasteiger partial charge in [0.1, 0.15) is 5.41 Å². The van der Waals surface area contributed by atoms with Crippen LogP contribution in [0.25, 0.3) is 0 Å². The van der Waals surface area contributed by atoms with Crippen molar-refractivity contribution < 1.29 is 4.79 Å². The van der Waals surface area contributed by atoms with E-state index < -0.39 is 5.41 Å². The van der Waals surface area contributed by atoms with Crippen molar-refractivity contribution in [2.24, 2.45) is 5.41 Å². The number of benzene rings is 1. The van der Waals surface area contributed by atoms with E-state index in [-0.39, 0.29) is 12.3 Å². The Morgan fingerprint density at radius 1 is 1.26 bits per heavy atom. The van der Waals surface area contributed by atoms with Crippen LogP contribution in [0, 0.1) is 28.1 Å². The van der Waals surface area contributed by atoms with E-state index in [2.05, 4.69) is 12.1 Å². The first-order chi connectivity index (χ1) is 9.23. The summed E-state index contributed by atoms with van der Waals surface area (Å²) in [6.07, 6.45) is 2.43. The van der Waals surface area contributed by atoms with E-state index >= 15 is 0 Å². The zero-order valence-corrected chi connectivity index (χ0v) is 10.7. The van der Waals surface area contributed by atoms with Crippen molar-refractivity contribution in [2.45, 2.75) is 25.7 Å². The summed E-state index contributed by atoms with van der Waals surface area (Å²) in [7, 11) is 0. The molecule has 0 radical (unpaired) electrons. The molecule has 1 saturated carbocycles. The number of hydrogen-bond acceptors (Lipinski definition) is 3. The highest BCUT2D eigenvalue weighted by atomic mass is 16.2. The molecule has 0 spiro atoms. The summed E-state index contributed by atoms with van der Waals surface area (Å²) in [6.45, 7) is 0.336. The zero-order valence-electron chi connectivity index (χ0n) is 10.7. The average molecular weight is 253 g/mol. The Morgan fingerprint density at radius 3 is 2.42 bits per heavy atom. The molecule has 0 bridgehead atoms. The lowest BCUT2D eigenvalue weighted by atomic mass is 9.69. The Morgan fingerprint density at radius 2 is 1.95 bits per heavy atom. The number of anilines is 1. The Hall–Kier alpha value is -2.33. The Kier molecular flexibility index (Phi) is 3.82. The van der Waals surface area contributed by atoms with Crippen molar-refractivity contribution in [3.8, 4) is 12.1 Å². The third-order valence-corrected chi connectivity index (χ3v) is 3.59. The predicted molar refractivity (Wildman–Crippen MR) is 70.9 cm³/mol. The predicted octanol–water partition coefficient (Wildman–Crippen LogP) is 2.63. The second-order valence-electron chi connectivity index (χ2n) is 4.75. The van der Waals surface area contributed by atoms with Crippen LogP contribution in [-0.4, -0.2) is 12.5 Å².